The number of non-ortho nitro benzene ring substituents is 1. The highest BCUT2D eigenvalue weighted by Gasteiger charge is 2.18. The van der Waals surface area contributed by atoms with E-state index in [0.29, 0.717) is 5.82 Å². The Bertz CT molecular complexity index is 636. The van der Waals surface area contributed by atoms with E-state index in [1.165, 1.54) is 16.8 Å². The molecule has 2 rings (SSSR count). The van der Waals surface area contributed by atoms with Gasteiger partial charge in [-0.05, 0) is 23.4 Å². The minimum atomic E-state index is -1.29. The molecule has 0 amide bonds. The maximum Gasteiger partial charge on any atom is 0.338 e. The average molecular weight is 249 g/mol. The van der Waals surface area contributed by atoms with Crippen LogP contribution in [-0.2, 0) is 0 Å². The van der Waals surface area contributed by atoms with Crippen molar-refractivity contribution in [2.75, 3.05) is 0 Å². The van der Waals surface area contributed by atoms with Crippen LogP contribution in [0.5, 0.6) is 0 Å². The third-order valence-electron chi connectivity index (χ3n) is 2.27. The van der Waals surface area contributed by atoms with E-state index in [2.05, 4.69) is 15.5 Å². The molecule has 0 bridgehead atoms. The van der Waals surface area contributed by atoms with Crippen molar-refractivity contribution in [1.29, 1.82) is 0 Å². The highest BCUT2D eigenvalue weighted by atomic mass is 16.6. The number of tetrazole rings is 1. The molecule has 0 saturated heterocycles. The molecule has 2 aromatic rings. The molecule has 92 valence electrons. The van der Waals surface area contributed by atoms with Crippen LogP contribution in [0.4, 0.5) is 5.69 Å². The van der Waals surface area contributed by atoms with Gasteiger partial charge in [-0.15, -0.1) is 5.10 Å². The van der Waals surface area contributed by atoms with E-state index < -0.39 is 10.9 Å². The molecule has 0 aliphatic heterocycles. The number of hydrogen-bond donors (Lipinski definition) is 1. The summed E-state index contributed by atoms with van der Waals surface area (Å²) in [5.74, 6) is -0.907. The summed E-state index contributed by atoms with van der Waals surface area (Å²) >= 11 is 0. The molecule has 1 aromatic carbocycles. The second-order valence-corrected chi connectivity index (χ2v) is 3.40. The summed E-state index contributed by atoms with van der Waals surface area (Å²) < 4.78 is 1.20. The zero-order chi connectivity index (χ0) is 13.3. The van der Waals surface area contributed by atoms with Crippen molar-refractivity contribution in [2.45, 2.75) is 6.92 Å². The van der Waals surface area contributed by atoms with E-state index in [1.807, 2.05) is 0 Å². The molecule has 9 heteroatoms. The first-order valence-corrected chi connectivity index (χ1v) is 4.78. The molecule has 1 heterocycles. The average Bonchev–Trinajstić information content (AvgIpc) is 2.74. The van der Waals surface area contributed by atoms with E-state index in [0.717, 1.165) is 6.07 Å². The molecule has 0 fully saturated rings. The number of carbonyl (C=O) groups is 1. The fraction of sp³-hybridized carbons (Fsp3) is 0.111. The predicted molar refractivity (Wildman–Crippen MR) is 57.5 cm³/mol. The number of nitro groups is 1. The minimum Gasteiger partial charge on any atom is -0.478 e. The lowest BCUT2D eigenvalue weighted by molar-refractivity contribution is -0.384. The van der Waals surface area contributed by atoms with Crippen LogP contribution in [-0.4, -0.2) is 36.2 Å². The third kappa shape index (κ3) is 1.88. The van der Waals surface area contributed by atoms with Crippen molar-refractivity contribution in [3.05, 3.63) is 39.7 Å². The first kappa shape index (κ1) is 11.6. The second-order valence-electron chi connectivity index (χ2n) is 3.40. The fourth-order valence-electron chi connectivity index (χ4n) is 1.45. The van der Waals surface area contributed by atoms with E-state index in [4.69, 9.17) is 5.11 Å². The summed E-state index contributed by atoms with van der Waals surface area (Å²) in [6.45, 7) is 1.59. The number of aromatic nitrogens is 4. The van der Waals surface area contributed by atoms with Crippen LogP contribution in [0, 0.1) is 17.0 Å². The summed E-state index contributed by atoms with van der Waals surface area (Å²) in [4.78, 5) is 21.0. The Labute approximate surface area is 99.8 Å². The molecular formula is C9H7N5O4. The minimum absolute atomic E-state index is 0.176. The number of benzene rings is 1. The molecule has 0 radical (unpaired) electrons. The lowest BCUT2D eigenvalue weighted by Gasteiger charge is -2.05. The van der Waals surface area contributed by atoms with Crippen molar-refractivity contribution in [3.8, 4) is 5.69 Å². The molecular weight excluding hydrogens is 242 g/mol. The number of aryl methyl sites for hydroxylation is 1. The smallest absolute Gasteiger partial charge is 0.338 e. The monoisotopic (exact) mass is 249 g/mol. The summed E-state index contributed by atoms with van der Waals surface area (Å²) in [6, 6.07) is 3.46. The number of aromatic carboxylic acids is 1. The van der Waals surface area contributed by atoms with E-state index in [-0.39, 0.29) is 16.9 Å². The molecule has 1 aromatic heterocycles. The largest absolute Gasteiger partial charge is 0.478 e. The zero-order valence-electron chi connectivity index (χ0n) is 9.14. The maximum atomic E-state index is 11.1. The predicted octanol–water partition coefficient (Wildman–Crippen LogP) is 0.577. The van der Waals surface area contributed by atoms with Crippen LogP contribution in [0.1, 0.15) is 16.2 Å². The van der Waals surface area contributed by atoms with Gasteiger partial charge in [0.2, 0.25) is 0 Å². The molecule has 9 nitrogen and oxygen atoms in total. The lowest BCUT2D eigenvalue weighted by atomic mass is 10.1. The number of hydrogen-bond acceptors (Lipinski definition) is 6. The highest BCUT2D eigenvalue weighted by molar-refractivity contribution is 5.92. The maximum absolute atomic E-state index is 11.1. The second kappa shape index (κ2) is 4.20. The molecule has 0 atom stereocenters. The van der Waals surface area contributed by atoms with Gasteiger partial charge in [0.05, 0.1) is 16.2 Å². The Balaban J connectivity index is 2.65. The summed E-state index contributed by atoms with van der Waals surface area (Å²) in [7, 11) is 0. The topological polar surface area (TPSA) is 124 Å². The normalized spacial score (nSPS) is 10.3. The Hall–Kier alpha value is -2.84. The van der Waals surface area contributed by atoms with E-state index in [1.54, 1.807) is 6.92 Å². The van der Waals surface area contributed by atoms with Gasteiger partial charge in [-0.2, -0.15) is 4.68 Å². The molecule has 0 spiro atoms. The van der Waals surface area contributed by atoms with Gasteiger partial charge < -0.3 is 5.11 Å². The van der Waals surface area contributed by atoms with Crippen molar-refractivity contribution in [3.63, 3.8) is 0 Å². The van der Waals surface area contributed by atoms with Gasteiger partial charge in [-0.1, -0.05) is 0 Å². The molecule has 0 saturated carbocycles. The van der Waals surface area contributed by atoms with Gasteiger partial charge >= 0.3 is 5.97 Å². The van der Waals surface area contributed by atoms with Gasteiger partial charge in [0.15, 0.2) is 5.82 Å². The van der Waals surface area contributed by atoms with Gasteiger partial charge in [-0.3, -0.25) is 10.1 Å². The Morgan fingerprint density at radius 3 is 2.72 bits per heavy atom. The molecule has 18 heavy (non-hydrogen) atoms. The highest BCUT2D eigenvalue weighted by Crippen LogP contribution is 2.21. The molecule has 0 unspecified atom stereocenters. The van der Waals surface area contributed by atoms with Gasteiger partial charge in [-0.25, -0.2) is 4.79 Å². The van der Waals surface area contributed by atoms with Gasteiger partial charge in [0, 0.05) is 12.1 Å². The van der Waals surface area contributed by atoms with E-state index in [9.17, 15) is 14.9 Å². The molecule has 0 aliphatic rings. The van der Waals surface area contributed by atoms with Gasteiger partial charge in [0.1, 0.15) is 0 Å². The van der Waals surface area contributed by atoms with Crippen LogP contribution < -0.4 is 0 Å². The quantitative estimate of drug-likeness (QED) is 0.622. The Morgan fingerprint density at radius 2 is 2.22 bits per heavy atom. The van der Waals surface area contributed by atoms with E-state index >= 15 is 0 Å². The number of rotatable bonds is 3. The zero-order valence-corrected chi connectivity index (χ0v) is 9.14. The molecule has 1 N–H and O–H groups in total. The van der Waals surface area contributed by atoms with Crippen LogP contribution in [0.3, 0.4) is 0 Å². The van der Waals surface area contributed by atoms with Crippen LogP contribution in [0.2, 0.25) is 0 Å². The van der Waals surface area contributed by atoms with Gasteiger partial charge in [0.25, 0.3) is 5.69 Å². The number of carboxylic acid groups (broad SMARTS) is 1. The third-order valence-corrected chi connectivity index (χ3v) is 2.27. The first-order valence-electron chi connectivity index (χ1n) is 4.78. The molecule has 0 aliphatic carbocycles. The van der Waals surface area contributed by atoms with Crippen LogP contribution in [0.15, 0.2) is 18.2 Å². The SMILES string of the molecule is Cc1nnnn1-c1ccc([N+](=O)[O-])cc1C(=O)O. The van der Waals surface area contributed by atoms with Crippen LogP contribution >= 0.6 is 0 Å². The number of carboxylic acids is 1. The lowest BCUT2D eigenvalue weighted by Crippen LogP contribution is -2.08. The van der Waals surface area contributed by atoms with Crippen molar-refractivity contribution >= 4 is 11.7 Å². The standard InChI is InChI=1S/C9H7N5O4/c1-5-10-11-12-13(5)8-3-2-6(14(17)18)4-7(8)9(15)16/h2-4H,1H3,(H,15,16). The summed E-state index contributed by atoms with van der Waals surface area (Å²) in [5.41, 5.74) is -0.364. The number of nitro benzene ring substituents is 1. The van der Waals surface area contributed by atoms with Crippen molar-refractivity contribution in [2.24, 2.45) is 0 Å². The van der Waals surface area contributed by atoms with Crippen molar-refractivity contribution < 1.29 is 14.8 Å². The Kier molecular flexibility index (Phi) is 2.72. The summed E-state index contributed by atoms with van der Waals surface area (Å²) in [5, 5.41) is 30.3. The Morgan fingerprint density at radius 1 is 1.50 bits per heavy atom. The van der Waals surface area contributed by atoms with Crippen molar-refractivity contribution in [1.82, 2.24) is 20.2 Å². The number of nitrogens with zero attached hydrogens (tertiary/aromatic N) is 5. The van der Waals surface area contributed by atoms with Crippen LogP contribution in [0.25, 0.3) is 5.69 Å². The first-order chi connectivity index (χ1) is 8.50. The fourth-order valence-corrected chi connectivity index (χ4v) is 1.45. The summed E-state index contributed by atoms with van der Waals surface area (Å²) in [6.07, 6.45) is 0.